The molecule has 4 rings (SSSR count). The van der Waals surface area contributed by atoms with Gasteiger partial charge in [0.2, 0.25) is 5.91 Å². The van der Waals surface area contributed by atoms with Crippen LogP contribution in [0.2, 0.25) is 0 Å². The minimum atomic E-state index is -0.282. The molecule has 8 nitrogen and oxygen atoms in total. The number of aryl methyl sites for hydroxylation is 2. The molecule has 170 valence electrons. The van der Waals surface area contributed by atoms with Crippen LogP contribution < -0.4 is 20.3 Å². The van der Waals surface area contributed by atoms with E-state index in [1.165, 1.54) is 4.57 Å². The fraction of sp³-hybridized carbons (Fsp3) is 0.240. The Hall–Kier alpha value is -4.07. The lowest BCUT2D eigenvalue weighted by Gasteiger charge is -2.13. The van der Waals surface area contributed by atoms with Crippen LogP contribution in [0.1, 0.15) is 16.8 Å². The van der Waals surface area contributed by atoms with E-state index in [2.05, 4.69) is 10.4 Å². The standard InChI is InChI=1S/C25H26N4O4/c1-16-12-23(31)28(25-24(16)17(2)27-29(25)19-8-6-5-7-9-19)15-22(30)26-14-18-10-11-20(32-3)21(13-18)33-4/h5-13H,14-15H2,1-4H3,(H,26,30). The molecular formula is C25H26N4O4. The fourth-order valence-corrected chi connectivity index (χ4v) is 3.96. The Morgan fingerprint density at radius 3 is 2.42 bits per heavy atom. The zero-order valence-electron chi connectivity index (χ0n) is 19.1. The molecule has 2 aromatic carbocycles. The summed E-state index contributed by atoms with van der Waals surface area (Å²) in [5, 5.41) is 8.41. The predicted octanol–water partition coefficient (Wildman–Crippen LogP) is 3.14. The summed E-state index contributed by atoms with van der Waals surface area (Å²) in [5.41, 5.74) is 3.65. The van der Waals surface area contributed by atoms with Crippen molar-refractivity contribution in [3.05, 3.63) is 81.8 Å². The summed E-state index contributed by atoms with van der Waals surface area (Å²) in [6.07, 6.45) is 0. The van der Waals surface area contributed by atoms with Gasteiger partial charge in [0.25, 0.3) is 5.56 Å². The van der Waals surface area contributed by atoms with Gasteiger partial charge in [0.1, 0.15) is 12.2 Å². The second kappa shape index (κ2) is 9.20. The number of hydrogen-bond acceptors (Lipinski definition) is 5. The van der Waals surface area contributed by atoms with E-state index in [0.29, 0.717) is 23.7 Å². The number of ether oxygens (including phenoxy) is 2. The van der Waals surface area contributed by atoms with Crippen LogP contribution in [0.25, 0.3) is 16.7 Å². The molecule has 8 heteroatoms. The minimum Gasteiger partial charge on any atom is -0.493 e. The number of carbonyl (C=O) groups is 1. The molecule has 1 amide bonds. The van der Waals surface area contributed by atoms with Crippen molar-refractivity contribution in [1.29, 1.82) is 0 Å². The highest BCUT2D eigenvalue weighted by molar-refractivity contribution is 5.85. The maximum Gasteiger partial charge on any atom is 0.252 e. The first-order valence-corrected chi connectivity index (χ1v) is 10.6. The molecule has 0 spiro atoms. The van der Waals surface area contributed by atoms with Crippen molar-refractivity contribution in [3.63, 3.8) is 0 Å². The number of carbonyl (C=O) groups excluding carboxylic acids is 1. The molecule has 0 fully saturated rings. The maximum atomic E-state index is 12.9. The summed E-state index contributed by atoms with van der Waals surface area (Å²) in [7, 11) is 3.13. The van der Waals surface area contributed by atoms with Crippen molar-refractivity contribution in [2.24, 2.45) is 0 Å². The SMILES string of the molecule is COc1ccc(CNC(=O)Cn2c(=O)cc(C)c3c(C)nn(-c4ccccc4)c32)cc1OC. The van der Waals surface area contributed by atoms with E-state index in [0.717, 1.165) is 27.9 Å². The largest absolute Gasteiger partial charge is 0.493 e. The quantitative estimate of drug-likeness (QED) is 0.471. The van der Waals surface area contributed by atoms with Gasteiger partial charge in [0.15, 0.2) is 11.5 Å². The van der Waals surface area contributed by atoms with Gasteiger partial charge in [-0.3, -0.25) is 14.2 Å². The summed E-state index contributed by atoms with van der Waals surface area (Å²) in [5.74, 6) is 0.921. The van der Waals surface area contributed by atoms with Gasteiger partial charge in [-0.15, -0.1) is 0 Å². The number of methoxy groups -OCH3 is 2. The number of amides is 1. The third-order valence-electron chi connectivity index (χ3n) is 5.53. The number of fused-ring (bicyclic) bond motifs is 1. The molecule has 0 saturated heterocycles. The zero-order chi connectivity index (χ0) is 23.5. The number of hydrogen-bond donors (Lipinski definition) is 1. The Morgan fingerprint density at radius 1 is 1.00 bits per heavy atom. The van der Waals surface area contributed by atoms with Crippen molar-refractivity contribution >= 4 is 16.9 Å². The lowest BCUT2D eigenvalue weighted by atomic mass is 10.1. The number of benzene rings is 2. The Morgan fingerprint density at radius 2 is 1.73 bits per heavy atom. The summed E-state index contributed by atoms with van der Waals surface area (Å²) in [6.45, 7) is 3.96. The molecule has 0 unspecified atom stereocenters. The monoisotopic (exact) mass is 446 g/mol. The summed E-state index contributed by atoms with van der Waals surface area (Å²) < 4.78 is 13.8. The van der Waals surface area contributed by atoms with E-state index in [4.69, 9.17) is 9.47 Å². The maximum absolute atomic E-state index is 12.9. The highest BCUT2D eigenvalue weighted by atomic mass is 16.5. The van der Waals surface area contributed by atoms with E-state index in [1.807, 2.05) is 56.3 Å². The first kappa shape index (κ1) is 22.1. The van der Waals surface area contributed by atoms with Gasteiger partial charge in [-0.25, -0.2) is 4.68 Å². The molecule has 2 heterocycles. The molecule has 4 aromatic rings. The fourth-order valence-electron chi connectivity index (χ4n) is 3.96. The number of aromatic nitrogens is 3. The second-order valence-corrected chi connectivity index (χ2v) is 7.75. The van der Waals surface area contributed by atoms with Gasteiger partial charge in [0.05, 0.1) is 25.6 Å². The molecule has 1 N–H and O–H groups in total. The van der Waals surface area contributed by atoms with E-state index in [9.17, 15) is 9.59 Å². The van der Waals surface area contributed by atoms with Crippen molar-refractivity contribution in [2.45, 2.75) is 26.9 Å². The molecule has 33 heavy (non-hydrogen) atoms. The summed E-state index contributed by atoms with van der Waals surface area (Å²) >= 11 is 0. The normalized spacial score (nSPS) is 10.9. The average molecular weight is 447 g/mol. The number of para-hydroxylation sites is 1. The molecule has 0 bridgehead atoms. The Labute approximate surface area is 191 Å². The van der Waals surface area contributed by atoms with Crippen molar-refractivity contribution in [2.75, 3.05) is 14.2 Å². The van der Waals surface area contributed by atoms with Gasteiger partial charge in [-0.05, 0) is 49.2 Å². The van der Waals surface area contributed by atoms with Crippen molar-refractivity contribution in [3.8, 4) is 17.2 Å². The minimum absolute atomic E-state index is 0.124. The van der Waals surface area contributed by atoms with Gasteiger partial charge in [0, 0.05) is 18.0 Å². The van der Waals surface area contributed by atoms with E-state index >= 15 is 0 Å². The molecule has 0 radical (unpaired) electrons. The average Bonchev–Trinajstić information content (AvgIpc) is 3.18. The molecule has 0 atom stereocenters. The van der Waals surface area contributed by atoms with Crippen LogP contribution in [0, 0.1) is 13.8 Å². The molecule has 0 aliphatic heterocycles. The van der Waals surface area contributed by atoms with Gasteiger partial charge in [-0.1, -0.05) is 24.3 Å². The summed E-state index contributed by atoms with van der Waals surface area (Å²) in [6, 6.07) is 16.6. The topological polar surface area (TPSA) is 87.4 Å². The lowest BCUT2D eigenvalue weighted by molar-refractivity contribution is -0.121. The third kappa shape index (κ3) is 4.32. The molecular weight excluding hydrogens is 420 g/mol. The van der Waals surface area contributed by atoms with E-state index in [1.54, 1.807) is 31.0 Å². The smallest absolute Gasteiger partial charge is 0.252 e. The van der Waals surface area contributed by atoms with Crippen molar-refractivity contribution in [1.82, 2.24) is 19.7 Å². The number of nitrogens with zero attached hydrogens (tertiary/aromatic N) is 3. The Balaban J connectivity index is 1.65. The molecule has 0 saturated carbocycles. The third-order valence-corrected chi connectivity index (χ3v) is 5.53. The Bertz CT molecular complexity index is 1370. The Kier molecular flexibility index (Phi) is 6.17. The van der Waals surface area contributed by atoms with E-state index in [-0.39, 0.29) is 18.0 Å². The summed E-state index contributed by atoms with van der Waals surface area (Å²) in [4.78, 5) is 25.8. The van der Waals surface area contributed by atoms with Crippen LogP contribution in [0.5, 0.6) is 11.5 Å². The molecule has 0 aliphatic carbocycles. The van der Waals surface area contributed by atoms with Crippen molar-refractivity contribution < 1.29 is 14.3 Å². The highest BCUT2D eigenvalue weighted by Crippen LogP contribution is 2.27. The predicted molar refractivity (Wildman–Crippen MR) is 126 cm³/mol. The number of nitrogens with one attached hydrogen (secondary N) is 1. The van der Waals surface area contributed by atoms with Crippen LogP contribution in [-0.2, 0) is 17.9 Å². The number of rotatable bonds is 7. The second-order valence-electron chi connectivity index (χ2n) is 7.75. The first-order valence-electron chi connectivity index (χ1n) is 10.6. The lowest BCUT2D eigenvalue weighted by Crippen LogP contribution is -2.32. The van der Waals surface area contributed by atoms with E-state index < -0.39 is 0 Å². The van der Waals surface area contributed by atoms with Crippen LogP contribution in [0.15, 0.2) is 59.4 Å². The van der Waals surface area contributed by atoms with Gasteiger partial charge >= 0.3 is 0 Å². The number of pyridine rings is 1. The van der Waals surface area contributed by atoms with Crippen LogP contribution in [0.3, 0.4) is 0 Å². The molecule has 0 aliphatic rings. The first-order chi connectivity index (χ1) is 15.9. The van der Waals surface area contributed by atoms with Crippen LogP contribution in [0.4, 0.5) is 0 Å². The van der Waals surface area contributed by atoms with Crippen LogP contribution in [-0.4, -0.2) is 34.5 Å². The zero-order valence-corrected chi connectivity index (χ0v) is 19.1. The van der Waals surface area contributed by atoms with Gasteiger partial charge in [-0.2, -0.15) is 5.10 Å². The van der Waals surface area contributed by atoms with Crippen LogP contribution >= 0.6 is 0 Å². The van der Waals surface area contributed by atoms with Gasteiger partial charge < -0.3 is 14.8 Å². The highest BCUT2D eigenvalue weighted by Gasteiger charge is 2.18. The molecule has 2 aromatic heterocycles.